The fourth-order valence-electron chi connectivity index (χ4n) is 7.85. The Morgan fingerprint density at radius 2 is 0.733 bits per heavy atom. The summed E-state index contributed by atoms with van der Waals surface area (Å²) in [5.41, 5.74) is 31.3. The third-order valence-electron chi connectivity index (χ3n) is 11.1. The van der Waals surface area contributed by atoms with Gasteiger partial charge in [0, 0.05) is 84.4 Å². The summed E-state index contributed by atoms with van der Waals surface area (Å²) in [4.78, 5) is 10.1. The number of unbranched alkanes of at least 4 members (excludes halogenated alkanes) is 5. The van der Waals surface area contributed by atoms with Gasteiger partial charge in [-0.2, -0.15) is 0 Å². The van der Waals surface area contributed by atoms with Crippen LogP contribution in [-0.4, -0.2) is 23.1 Å². The Hall–Kier alpha value is -6.28. The second-order valence-corrected chi connectivity index (χ2v) is 15.2. The predicted molar refractivity (Wildman–Crippen MR) is 257 cm³/mol. The topological polar surface area (TPSA) is 110 Å². The number of nitrogens with two attached hydrogens (primary N) is 2. The Morgan fingerprint density at radius 3 is 1.10 bits per heavy atom. The summed E-state index contributed by atoms with van der Waals surface area (Å²) in [6, 6.07) is 38.1. The normalized spacial score (nSPS) is 11.0. The van der Waals surface area contributed by atoms with Crippen LogP contribution < -0.4 is 31.2 Å². The Morgan fingerprint density at radius 1 is 0.417 bits per heavy atom. The lowest BCUT2D eigenvalue weighted by atomic mass is 10.1. The molecular weight excluding hydrogens is 737 g/mol. The summed E-state index contributed by atoms with van der Waals surface area (Å²) in [7, 11) is 0. The number of hydrogen-bond donors (Lipinski definition) is 4. The second-order valence-electron chi connectivity index (χ2n) is 15.2. The molecule has 8 heteroatoms. The molecular formula is C52H64N8+2. The second kappa shape index (κ2) is 20.1. The number of fused-ring (bicyclic) bond motifs is 4. The molecule has 2 aromatic heterocycles. The highest BCUT2D eigenvalue weighted by molar-refractivity contribution is 5.88. The van der Waals surface area contributed by atoms with E-state index >= 15 is 0 Å². The first-order valence-electron chi connectivity index (χ1n) is 22.0. The summed E-state index contributed by atoms with van der Waals surface area (Å²) < 4.78 is 4.57. The van der Waals surface area contributed by atoms with Crippen LogP contribution in [0.3, 0.4) is 0 Å². The third kappa shape index (κ3) is 9.44. The van der Waals surface area contributed by atoms with Gasteiger partial charge in [0.25, 0.3) is 0 Å². The molecule has 0 spiro atoms. The first-order chi connectivity index (χ1) is 29.2. The van der Waals surface area contributed by atoms with Crippen LogP contribution >= 0.6 is 0 Å². The number of hydrogen-bond acceptors (Lipinski definition) is 6. The average Bonchev–Trinajstić information content (AvgIpc) is 3.26. The molecule has 310 valence electrons. The van der Waals surface area contributed by atoms with E-state index in [0.29, 0.717) is 0 Å². The van der Waals surface area contributed by atoms with E-state index in [9.17, 15) is 0 Å². The summed E-state index contributed by atoms with van der Waals surface area (Å²) >= 11 is 0. The molecule has 0 aliphatic carbocycles. The molecule has 6 aromatic carbocycles. The largest absolute Gasteiger partial charge is 0.398 e. The summed E-state index contributed by atoms with van der Waals surface area (Å²) in [5, 5.41) is 7.48. The first kappa shape index (κ1) is 43.3. The molecule has 0 aliphatic rings. The highest BCUT2D eigenvalue weighted by Gasteiger charge is 2.23. The SMILES string of the molecule is CC.CC.Cc1cc2nc3cc(C)c(NCCCCCCCCNc4cc5c(cc4C)nc4cc(C)c(N)cc4[n+]5-c4ccccc4)cc3[n+](-c3ccccc3)c2cc1N. The highest BCUT2D eigenvalue weighted by atomic mass is 15.0. The summed E-state index contributed by atoms with van der Waals surface area (Å²) in [6.07, 6.45) is 7.14. The molecule has 8 aromatic rings. The lowest BCUT2D eigenvalue weighted by Crippen LogP contribution is -2.33. The molecule has 0 saturated carbocycles. The van der Waals surface area contributed by atoms with Crippen LogP contribution in [-0.2, 0) is 0 Å². The smallest absolute Gasteiger partial charge is 0.239 e. The van der Waals surface area contributed by atoms with Crippen molar-refractivity contribution in [2.45, 2.75) is 93.9 Å². The van der Waals surface area contributed by atoms with Gasteiger partial charge in [-0.25, -0.2) is 9.97 Å². The maximum absolute atomic E-state index is 6.40. The molecule has 0 unspecified atom stereocenters. The van der Waals surface area contributed by atoms with Crippen molar-refractivity contribution < 1.29 is 9.13 Å². The van der Waals surface area contributed by atoms with E-state index in [2.05, 4.69) is 131 Å². The zero-order valence-electron chi connectivity index (χ0n) is 37.0. The fourth-order valence-corrected chi connectivity index (χ4v) is 7.85. The van der Waals surface area contributed by atoms with Crippen LogP contribution in [0.25, 0.3) is 55.5 Å². The van der Waals surface area contributed by atoms with E-state index in [1.807, 2.05) is 53.7 Å². The van der Waals surface area contributed by atoms with Gasteiger partial charge in [0.05, 0.1) is 0 Å². The molecule has 8 nitrogen and oxygen atoms in total. The molecule has 8 rings (SSSR count). The minimum absolute atomic E-state index is 0.773. The molecule has 0 fully saturated rings. The van der Waals surface area contributed by atoms with Crippen molar-refractivity contribution in [3.8, 4) is 11.4 Å². The average molecular weight is 801 g/mol. The molecule has 6 N–H and O–H groups in total. The first-order valence-corrected chi connectivity index (χ1v) is 22.0. The van der Waals surface area contributed by atoms with Crippen molar-refractivity contribution >= 4 is 66.9 Å². The van der Waals surface area contributed by atoms with Gasteiger partial charge in [0.15, 0.2) is 0 Å². The molecule has 60 heavy (non-hydrogen) atoms. The van der Waals surface area contributed by atoms with Crippen LogP contribution in [0.4, 0.5) is 22.7 Å². The number of aryl methyl sites for hydroxylation is 4. The van der Waals surface area contributed by atoms with Crippen molar-refractivity contribution in [3.05, 3.63) is 131 Å². The van der Waals surface area contributed by atoms with Crippen molar-refractivity contribution in [2.75, 3.05) is 35.2 Å². The van der Waals surface area contributed by atoms with Gasteiger partial charge < -0.3 is 22.1 Å². The molecule has 0 atom stereocenters. The van der Waals surface area contributed by atoms with Gasteiger partial charge in [-0.15, -0.1) is 9.13 Å². The van der Waals surface area contributed by atoms with Gasteiger partial charge in [-0.05, 0) is 87.1 Å². The van der Waals surface area contributed by atoms with E-state index in [-0.39, 0.29) is 0 Å². The van der Waals surface area contributed by atoms with Gasteiger partial charge in [-0.3, -0.25) is 0 Å². The molecule has 0 saturated heterocycles. The Labute approximate surface area is 356 Å². The van der Waals surface area contributed by atoms with E-state index in [4.69, 9.17) is 21.4 Å². The number of aromatic nitrogens is 4. The highest BCUT2D eigenvalue weighted by Crippen LogP contribution is 2.28. The molecule has 0 radical (unpaired) electrons. The number of para-hydroxylation sites is 2. The lowest BCUT2D eigenvalue weighted by molar-refractivity contribution is -0.538. The maximum Gasteiger partial charge on any atom is 0.239 e. The number of nitrogens with one attached hydrogen (secondary N) is 2. The van der Waals surface area contributed by atoms with Crippen LogP contribution in [0.5, 0.6) is 0 Å². The number of benzene rings is 6. The molecule has 0 aliphatic heterocycles. The van der Waals surface area contributed by atoms with E-state index in [1.165, 1.54) is 36.8 Å². The van der Waals surface area contributed by atoms with E-state index < -0.39 is 0 Å². The van der Waals surface area contributed by atoms with Gasteiger partial charge in [0.2, 0.25) is 33.4 Å². The van der Waals surface area contributed by atoms with E-state index in [1.54, 1.807) is 0 Å². The number of rotatable bonds is 13. The van der Waals surface area contributed by atoms with Crippen LogP contribution in [0.1, 0.15) is 88.5 Å². The van der Waals surface area contributed by atoms with Gasteiger partial charge in [-0.1, -0.05) is 89.8 Å². The summed E-state index contributed by atoms with van der Waals surface area (Å²) in [5.74, 6) is 0. The minimum Gasteiger partial charge on any atom is -0.398 e. The molecule has 0 amide bonds. The van der Waals surface area contributed by atoms with Crippen molar-refractivity contribution in [3.63, 3.8) is 0 Å². The summed E-state index contributed by atoms with van der Waals surface area (Å²) in [6.45, 7) is 18.3. The van der Waals surface area contributed by atoms with E-state index in [0.717, 1.165) is 115 Å². The standard InChI is InChI=1S/C48H50N8.2C2H6/c1-31-23-41-45(27-37(31)49)55(35-17-11-9-12-18-35)47-29-39(33(3)25-43(47)53-41)51-21-15-7-5-6-8-16-22-52-40-30-48-44(26-34(40)4)54-42-24-32(2)38(50)28-46(42)56(48)36-19-13-10-14-20-36;2*1-2/h9-14,17-20,23-30H,5-8,15-16,21-22H2,1-4H3,(H4,49,50,51,52);2*1-2H3/p+2. The maximum atomic E-state index is 6.40. The lowest BCUT2D eigenvalue weighted by Gasteiger charge is -2.13. The molecule has 2 heterocycles. The van der Waals surface area contributed by atoms with Crippen molar-refractivity contribution in [2.24, 2.45) is 0 Å². The minimum atomic E-state index is 0.773. The Balaban J connectivity index is 0.00000147. The number of anilines is 4. The van der Waals surface area contributed by atoms with Crippen LogP contribution in [0, 0.1) is 27.7 Å². The van der Waals surface area contributed by atoms with Crippen molar-refractivity contribution in [1.29, 1.82) is 0 Å². The monoisotopic (exact) mass is 801 g/mol. The predicted octanol–water partition coefficient (Wildman–Crippen LogP) is 12.0. The fraction of sp³-hybridized carbons (Fsp3) is 0.308. The third-order valence-corrected chi connectivity index (χ3v) is 11.1. The Kier molecular flexibility index (Phi) is 14.5. The van der Waals surface area contributed by atoms with Gasteiger partial charge >= 0.3 is 0 Å². The van der Waals surface area contributed by atoms with Gasteiger partial charge in [0.1, 0.15) is 22.1 Å². The van der Waals surface area contributed by atoms with Crippen LogP contribution in [0.15, 0.2) is 109 Å². The zero-order valence-corrected chi connectivity index (χ0v) is 37.0. The molecule has 0 bridgehead atoms. The van der Waals surface area contributed by atoms with Crippen molar-refractivity contribution in [1.82, 2.24) is 9.97 Å². The Bertz CT molecular complexity index is 2520. The quantitative estimate of drug-likeness (QED) is 0.0400. The number of nitrogen functional groups attached to an aromatic ring is 2. The zero-order chi connectivity index (χ0) is 42.8. The number of nitrogens with zero attached hydrogens (tertiary/aromatic N) is 4. The van der Waals surface area contributed by atoms with Crippen LogP contribution in [0.2, 0.25) is 0 Å².